The third-order valence-corrected chi connectivity index (χ3v) is 6.96. The van der Waals surface area contributed by atoms with Crippen LogP contribution in [0.5, 0.6) is 5.75 Å². The minimum absolute atomic E-state index is 0.0482. The van der Waals surface area contributed by atoms with Crippen molar-refractivity contribution < 1.29 is 23.0 Å². The molecule has 2 N–H and O–H groups in total. The Morgan fingerprint density at radius 2 is 2.05 bits per heavy atom. The average Bonchev–Trinajstić information content (AvgIpc) is 3.69. The summed E-state index contributed by atoms with van der Waals surface area (Å²) >= 11 is 0. The van der Waals surface area contributed by atoms with Gasteiger partial charge in [-0.2, -0.15) is 0 Å². The molecule has 1 aromatic carbocycles. The van der Waals surface area contributed by atoms with Gasteiger partial charge in [0.25, 0.3) is 0 Å². The number of nitrogens with two attached hydrogens (primary N) is 1. The van der Waals surface area contributed by atoms with Gasteiger partial charge in [0.05, 0.1) is 25.1 Å². The van der Waals surface area contributed by atoms with Crippen LogP contribution in [0.1, 0.15) is 57.9 Å². The predicted molar refractivity (Wildman–Crippen MR) is 147 cm³/mol. The topological polar surface area (TPSA) is 86.3 Å². The lowest BCUT2D eigenvalue weighted by Crippen LogP contribution is -2.25. The fourth-order valence-corrected chi connectivity index (χ4v) is 4.96. The molecule has 8 heteroatoms. The molecule has 1 fully saturated rings. The molecule has 4 atom stereocenters. The summed E-state index contributed by atoms with van der Waals surface area (Å²) in [5.74, 6) is 0.0443. The number of rotatable bonds is 14. The molecule has 0 radical (unpaired) electrons. The van der Waals surface area contributed by atoms with Crippen molar-refractivity contribution in [2.75, 3.05) is 13.7 Å². The molecule has 4 unspecified atom stereocenters. The number of ether oxygens (including phenoxy) is 2. The SMILES string of the molecule is C=C(F)/C=N\C(=C/C(C)C(CC(N)=O)C1CC1)OCC1=NC(CC(C)C)C(c2cc(OC)ccc2F)C=C1. The monoisotopic (exact) mass is 527 g/mol. The van der Waals surface area contributed by atoms with Gasteiger partial charge in [0.15, 0.2) is 0 Å². The van der Waals surface area contributed by atoms with Crippen LogP contribution < -0.4 is 10.5 Å². The van der Waals surface area contributed by atoms with Gasteiger partial charge in [-0.05, 0) is 73.3 Å². The Kier molecular flexibility index (Phi) is 10.4. The molecule has 206 valence electrons. The second-order valence-electron chi connectivity index (χ2n) is 10.6. The highest BCUT2D eigenvalue weighted by Crippen LogP contribution is 2.43. The normalized spacial score (nSPS) is 21.3. The van der Waals surface area contributed by atoms with Gasteiger partial charge in [0.1, 0.15) is 24.0 Å². The molecular formula is C30H39F2N3O3. The molecule has 1 saturated carbocycles. The van der Waals surface area contributed by atoms with Crippen molar-refractivity contribution in [2.24, 2.45) is 39.4 Å². The van der Waals surface area contributed by atoms with Crippen molar-refractivity contribution in [3.8, 4) is 5.75 Å². The number of halogens is 2. The maximum atomic E-state index is 14.8. The minimum atomic E-state index is -0.696. The van der Waals surface area contributed by atoms with E-state index >= 15 is 0 Å². The van der Waals surface area contributed by atoms with Crippen LogP contribution in [0.2, 0.25) is 0 Å². The zero-order valence-corrected chi connectivity index (χ0v) is 22.7. The predicted octanol–water partition coefficient (Wildman–Crippen LogP) is 6.29. The molecule has 38 heavy (non-hydrogen) atoms. The van der Waals surface area contributed by atoms with Gasteiger partial charge >= 0.3 is 0 Å². The van der Waals surface area contributed by atoms with Crippen LogP contribution >= 0.6 is 0 Å². The van der Waals surface area contributed by atoms with Crippen molar-refractivity contribution in [1.29, 1.82) is 0 Å². The van der Waals surface area contributed by atoms with Gasteiger partial charge in [0.2, 0.25) is 11.8 Å². The second-order valence-corrected chi connectivity index (χ2v) is 10.6. The molecule has 0 aromatic heterocycles. The molecule has 1 aliphatic carbocycles. The number of benzene rings is 1. The Hall–Kier alpha value is -3.29. The minimum Gasteiger partial charge on any atom is -0.497 e. The molecular weight excluding hydrogens is 488 g/mol. The summed E-state index contributed by atoms with van der Waals surface area (Å²) < 4.78 is 39.4. The lowest BCUT2D eigenvalue weighted by atomic mass is 9.84. The first-order valence-corrected chi connectivity index (χ1v) is 13.2. The van der Waals surface area contributed by atoms with E-state index in [0.29, 0.717) is 28.9 Å². The zero-order chi connectivity index (χ0) is 27.8. The standard InChI is InChI=1S/C30H39F2N3O3/c1-18(2)12-28-24(26-14-23(37-5)9-11-27(26)32)10-8-22(35-28)17-38-30(34-16-20(4)31)13-19(3)25(15-29(33)36)21-6-7-21/h8-11,13-14,16,18-19,21,24-25,28H,4,6-7,12,15,17H2,1-3,5H3,(H2,33,36)/b30-13+,34-16-. The quantitative estimate of drug-likeness (QED) is 0.228. The van der Waals surface area contributed by atoms with E-state index in [-0.39, 0.29) is 54.4 Å². The number of primary amides is 1. The van der Waals surface area contributed by atoms with Gasteiger partial charge in [0, 0.05) is 17.9 Å². The Balaban J connectivity index is 1.80. The third kappa shape index (κ3) is 8.64. The number of amides is 1. The first kappa shape index (κ1) is 29.3. The number of hydrogen-bond donors (Lipinski definition) is 1. The van der Waals surface area contributed by atoms with Gasteiger partial charge in [-0.3, -0.25) is 9.79 Å². The van der Waals surface area contributed by atoms with E-state index < -0.39 is 5.83 Å². The molecule has 0 spiro atoms. The summed E-state index contributed by atoms with van der Waals surface area (Å²) in [6.07, 6.45) is 9.74. The number of carbonyl (C=O) groups is 1. The highest BCUT2D eigenvalue weighted by Gasteiger charge is 2.35. The van der Waals surface area contributed by atoms with Gasteiger partial charge in [-0.25, -0.2) is 13.8 Å². The van der Waals surface area contributed by atoms with Crippen LogP contribution in [0, 0.1) is 29.5 Å². The van der Waals surface area contributed by atoms with Crippen molar-refractivity contribution in [1.82, 2.24) is 0 Å². The van der Waals surface area contributed by atoms with Gasteiger partial charge in [-0.1, -0.05) is 33.4 Å². The number of dihydropyridines is 1. The zero-order valence-electron chi connectivity index (χ0n) is 22.7. The molecule has 1 aliphatic heterocycles. The first-order valence-electron chi connectivity index (χ1n) is 13.2. The van der Waals surface area contributed by atoms with Crippen LogP contribution in [0.4, 0.5) is 8.78 Å². The van der Waals surface area contributed by atoms with E-state index in [0.717, 1.165) is 25.5 Å². The number of allylic oxidation sites excluding steroid dienone is 2. The van der Waals surface area contributed by atoms with Gasteiger partial charge in [-0.15, -0.1) is 0 Å². The Bertz CT molecular complexity index is 1120. The lowest BCUT2D eigenvalue weighted by Gasteiger charge is -2.28. The highest BCUT2D eigenvalue weighted by molar-refractivity contribution is 5.97. The van der Waals surface area contributed by atoms with E-state index in [2.05, 4.69) is 25.4 Å². The number of carbonyl (C=O) groups excluding carboxylic acids is 1. The average molecular weight is 528 g/mol. The molecule has 0 bridgehead atoms. The summed E-state index contributed by atoms with van der Waals surface area (Å²) in [5, 5.41) is 0. The third-order valence-electron chi connectivity index (χ3n) is 6.96. The first-order chi connectivity index (χ1) is 18.1. The molecule has 6 nitrogen and oxygen atoms in total. The largest absolute Gasteiger partial charge is 0.497 e. The fraction of sp³-hybridized carbons (Fsp3) is 0.500. The molecule has 0 saturated heterocycles. The molecule has 1 aromatic rings. The Morgan fingerprint density at radius 3 is 2.66 bits per heavy atom. The van der Waals surface area contributed by atoms with E-state index in [1.165, 1.54) is 6.07 Å². The smallest absolute Gasteiger partial charge is 0.217 e. The summed E-state index contributed by atoms with van der Waals surface area (Å²) in [6.45, 7) is 9.53. The summed E-state index contributed by atoms with van der Waals surface area (Å²) in [5.41, 5.74) is 6.69. The fourth-order valence-electron chi connectivity index (χ4n) is 4.96. The number of hydrogen-bond acceptors (Lipinski definition) is 5. The number of methoxy groups -OCH3 is 1. The van der Waals surface area contributed by atoms with Crippen LogP contribution in [0.15, 0.2) is 64.7 Å². The Labute approximate surface area is 224 Å². The van der Waals surface area contributed by atoms with Crippen LogP contribution in [0.25, 0.3) is 0 Å². The van der Waals surface area contributed by atoms with E-state index in [1.807, 2.05) is 19.1 Å². The lowest BCUT2D eigenvalue weighted by molar-refractivity contribution is -0.119. The van der Waals surface area contributed by atoms with E-state index in [4.69, 9.17) is 20.2 Å². The molecule has 1 amide bonds. The number of nitrogens with zero attached hydrogens (tertiary/aromatic N) is 2. The van der Waals surface area contributed by atoms with Crippen molar-refractivity contribution in [2.45, 2.75) is 58.4 Å². The van der Waals surface area contributed by atoms with Crippen LogP contribution in [-0.2, 0) is 9.53 Å². The summed E-state index contributed by atoms with van der Waals surface area (Å²) in [6, 6.07) is 4.55. The van der Waals surface area contributed by atoms with Crippen molar-refractivity contribution in [3.63, 3.8) is 0 Å². The van der Waals surface area contributed by atoms with Crippen LogP contribution in [-0.4, -0.2) is 37.6 Å². The van der Waals surface area contributed by atoms with Crippen molar-refractivity contribution >= 4 is 17.8 Å². The van der Waals surface area contributed by atoms with Crippen molar-refractivity contribution in [3.05, 3.63) is 66.1 Å². The molecule has 2 aliphatic rings. The van der Waals surface area contributed by atoms with E-state index in [9.17, 15) is 13.6 Å². The van der Waals surface area contributed by atoms with Gasteiger partial charge < -0.3 is 15.2 Å². The Morgan fingerprint density at radius 1 is 1.32 bits per heavy atom. The molecule has 1 heterocycles. The maximum absolute atomic E-state index is 14.8. The van der Waals surface area contributed by atoms with E-state index in [1.54, 1.807) is 25.3 Å². The molecule has 3 rings (SSSR count). The number of aliphatic imine (C=N–C) groups is 2. The second kappa shape index (κ2) is 13.5. The summed E-state index contributed by atoms with van der Waals surface area (Å²) in [4.78, 5) is 20.6. The summed E-state index contributed by atoms with van der Waals surface area (Å²) in [7, 11) is 1.56. The highest BCUT2D eigenvalue weighted by atomic mass is 19.1. The van der Waals surface area contributed by atoms with Crippen LogP contribution in [0.3, 0.4) is 0 Å². The maximum Gasteiger partial charge on any atom is 0.217 e.